The van der Waals surface area contributed by atoms with Crippen molar-refractivity contribution in [2.75, 3.05) is 0 Å². The maximum Gasteiger partial charge on any atom is 0.254 e. The molecule has 1 aromatic heterocycles. The Hall–Kier alpha value is -2.57. The van der Waals surface area contributed by atoms with Gasteiger partial charge in [0, 0.05) is 12.2 Å². The van der Waals surface area contributed by atoms with Crippen LogP contribution in [0.1, 0.15) is 62.2 Å². The zero-order valence-corrected chi connectivity index (χ0v) is 16.3. The lowest BCUT2D eigenvalue weighted by molar-refractivity contribution is -0.142. The smallest absolute Gasteiger partial charge is 0.254 e. The SMILES string of the molecule is C=C1N[C@@H](CCCC)C(=O)N1C1CC2(CC(Oc3ncccc3C(N)=O)C2)C1. The van der Waals surface area contributed by atoms with Crippen LogP contribution >= 0.6 is 0 Å². The van der Waals surface area contributed by atoms with Crippen LogP contribution in [-0.2, 0) is 4.79 Å². The number of carbonyl (C=O) groups excluding carboxylic acids is 2. The van der Waals surface area contributed by atoms with Crippen molar-refractivity contribution in [3.63, 3.8) is 0 Å². The first-order valence-corrected chi connectivity index (χ1v) is 10.1. The number of aromatic nitrogens is 1. The van der Waals surface area contributed by atoms with Crippen molar-refractivity contribution in [2.45, 2.75) is 70.1 Å². The van der Waals surface area contributed by atoms with Gasteiger partial charge in [0.15, 0.2) is 0 Å². The number of rotatable bonds is 7. The predicted octanol–water partition coefficient (Wildman–Crippen LogP) is 2.33. The molecule has 0 aromatic carbocycles. The maximum absolute atomic E-state index is 12.7. The van der Waals surface area contributed by atoms with Crippen molar-refractivity contribution in [2.24, 2.45) is 11.1 Å². The monoisotopic (exact) mass is 384 g/mol. The van der Waals surface area contributed by atoms with E-state index in [1.54, 1.807) is 18.3 Å². The summed E-state index contributed by atoms with van der Waals surface area (Å²) < 4.78 is 5.92. The van der Waals surface area contributed by atoms with E-state index in [1.165, 1.54) is 0 Å². The van der Waals surface area contributed by atoms with Crippen molar-refractivity contribution in [3.05, 3.63) is 36.3 Å². The van der Waals surface area contributed by atoms with Crippen molar-refractivity contribution >= 4 is 11.8 Å². The summed E-state index contributed by atoms with van der Waals surface area (Å²) in [5, 5.41) is 3.26. The van der Waals surface area contributed by atoms with E-state index >= 15 is 0 Å². The lowest BCUT2D eigenvalue weighted by Gasteiger charge is -2.58. The van der Waals surface area contributed by atoms with Crippen molar-refractivity contribution in [1.82, 2.24) is 15.2 Å². The second-order valence-corrected chi connectivity index (χ2v) is 8.42. The molecule has 28 heavy (non-hydrogen) atoms. The largest absolute Gasteiger partial charge is 0.474 e. The van der Waals surface area contributed by atoms with Gasteiger partial charge in [-0.25, -0.2) is 4.98 Å². The highest BCUT2D eigenvalue weighted by atomic mass is 16.5. The van der Waals surface area contributed by atoms with E-state index in [4.69, 9.17) is 10.5 Å². The molecule has 1 aliphatic heterocycles. The number of hydrogen-bond donors (Lipinski definition) is 2. The van der Waals surface area contributed by atoms with Gasteiger partial charge in [0.05, 0.1) is 0 Å². The maximum atomic E-state index is 12.7. The Morgan fingerprint density at radius 3 is 2.86 bits per heavy atom. The number of pyridine rings is 1. The highest BCUT2D eigenvalue weighted by Gasteiger charge is 2.57. The summed E-state index contributed by atoms with van der Waals surface area (Å²) in [6.45, 7) is 6.19. The number of unbranched alkanes of at least 4 members (excludes halogenated alkanes) is 1. The summed E-state index contributed by atoms with van der Waals surface area (Å²) in [5.41, 5.74) is 5.94. The van der Waals surface area contributed by atoms with Gasteiger partial charge < -0.3 is 15.8 Å². The Balaban J connectivity index is 1.29. The molecule has 150 valence electrons. The van der Waals surface area contributed by atoms with E-state index in [0.29, 0.717) is 11.4 Å². The lowest BCUT2D eigenvalue weighted by atomic mass is 9.52. The number of amides is 2. The van der Waals surface area contributed by atoms with Gasteiger partial charge in [-0.1, -0.05) is 26.3 Å². The molecular formula is C21H28N4O3. The normalized spacial score (nSPS) is 31.3. The summed E-state index contributed by atoms with van der Waals surface area (Å²) >= 11 is 0. The van der Waals surface area contributed by atoms with Gasteiger partial charge in [0.1, 0.15) is 23.5 Å². The van der Waals surface area contributed by atoms with Crippen LogP contribution < -0.4 is 15.8 Å². The van der Waals surface area contributed by atoms with Crippen LogP contribution in [0, 0.1) is 5.41 Å². The van der Waals surface area contributed by atoms with E-state index in [0.717, 1.165) is 50.8 Å². The number of ether oxygens (including phenoxy) is 1. The molecule has 1 saturated heterocycles. The number of nitrogens with two attached hydrogens (primary N) is 1. The Morgan fingerprint density at radius 1 is 1.43 bits per heavy atom. The molecule has 7 heteroatoms. The summed E-state index contributed by atoms with van der Waals surface area (Å²) in [7, 11) is 0. The Bertz CT molecular complexity index is 795. The van der Waals surface area contributed by atoms with Crippen molar-refractivity contribution < 1.29 is 14.3 Å². The Morgan fingerprint density at radius 2 is 2.18 bits per heavy atom. The molecule has 1 atom stereocenters. The molecule has 2 aliphatic carbocycles. The second-order valence-electron chi connectivity index (χ2n) is 8.42. The van der Waals surface area contributed by atoms with E-state index in [2.05, 4.69) is 23.8 Å². The van der Waals surface area contributed by atoms with Gasteiger partial charge in [-0.3, -0.25) is 14.5 Å². The van der Waals surface area contributed by atoms with Gasteiger partial charge in [-0.05, 0) is 49.7 Å². The standard InChI is InChI=1S/C21H28N4O3/c1-3-4-7-17-20(27)25(13(2)24-17)14-9-21(10-14)11-15(12-21)28-19-16(18(22)26)6-5-8-23-19/h5-6,8,14-15,17,24H,2-4,7,9-12H2,1H3,(H2,22,26)/t14?,15?,17-,21?/m0/s1. The van der Waals surface area contributed by atoms with Crippen LogP contribution in [0.25, 0.3) is 0 Å². The molecule has 0 radical (unpaired) electrons. The molecule has 0 bridgehead atoms. The predicted molar refractivity (Wildman–Crippen MR) is 104 cm³/mol. The molecule has 1 spiro atoms. The van der Waals surface area contributed by atoms with Gasteiger partial charge in [0.2, 0.25) is 5.88 Å². The minimum atomic E-state index is -0.531. The zero-order chi connectivity index (χ0) is 19.9. The first-order valence-electron chi connectivity index (χ1n) is 10.1. The molecular weight excluding hydrogens is 356 g/mol. The van der Waals surface area contributed by atoms with Crippen molar-refractivity contribution in [1.29, 1.82) is 0 Å². The lowest BCUT2D eigenvalue weighted by Crippen LogP contribution is -2.59. The highest BCUT2D eigenvalue weighted by molar-refractivity contribution is 5.94. The van der Waals surface area contributed by atoms with E-state index in [1.807, 2.05) is 4.90 Å². The fourth-order valence-electron chi connectivity index (χ4n) is 4.91. The summed E-state index contributed by atoms with van der Waals surface area (Å²) in [6, 6.07) is 3.42. The Labute approximate surface area is 165 Å². The second kappa shape index (κ2) is 7.11. The first kappa shape index (κ1) is 18.8. The quantitative estimate of drug-likeness (QED) is 0.752. The van der Waals surface area contributed by atoms with Gasteiger partial charge >= 0.3 is 0 Å². The van der Waals surface area contributed by atoms with Crippen LogP contribution in [0.3, 0.4) is 0 Å². The van der Waals surface area contributed by atoms with Crippen LogP contribution in [0.5, 0.6) is 5.88 Å². The molecule has 4 rings (SSSR count). The van der Waals surface area contributed by atoms with Crippen molar-refractivity contribution in [3.8, 4) is 5.88 Å². The minimum absolute atomic E-state index is 0.0434. The van der Waals surface area contributed by atoms with Crippen LogP contribution in [0.15, 0.2) is 30.7 Å². The van der Waals surface area contributed by atoms with Crippen LogP contribution in [-0.4, -0.2) is 39.9 Å². The molecule has 3 fully saturated rings. The fraction of sp³-hybridized carbons (Fsp3) is 0.571. The summed E-state index contributed by atoms with van der Waals surface area (Å²) in [5.74, 6) is 0.705. The molecule has 0 unspecified atom stereocenters. The van der Waals surface area contributed by atoms with E-state index in [9.17, 15) is 9.59 Å². The number of hydrogen-bond acceptors (Lipinski definition) is 5. The third-order valence-electron chi connectivity index (χ3n) is 6.35. The van der Waals surface area contributed by atoms with Gasteiger partial charge in [-0.15, -0.1) is 0 Å². The Kier molecular flexibility index (Phi) is 4.77. The van der Waals surface area contributed by atoms with Crippen LogP contribution in [0.2, 0.25) is 0 Å². The molecule has 7 nitrogen and oxygen atoms in total. The molecule has 2 heterocycles. The third kappa shape index (κ3) is 3.23. The summed E-state index contributed by atoms with van der Waals surface area (Å²) in [4.78, 5) is 30.2. The average molecular weight is 384 g/mol. The number of nitrogens with zero attached hydrogens (tertiary/aromatic N) is 2. The topological polar surface area (TPSA) is 97.6 Å². The zero-order valence-electron chi connectivity index (χ0n) is 16.3. The van der Waals surface area contributed by atoms with Gasteiger partial charge in [0.25, 0.3) is 11.8 Å². The first-order chi connectivity index (χ1) is 13.4. The number of nitrogens with one attached hydrogen (secondary N) is 1. The molecule has 3 aliphatic rings. The average Bonchev–Trinajstić information content (AvgIpc) is 2.88. The molecule has 2 amide bonds. The number of primary amides is 1. The molecule has 2 saturated carbocycles. The van der Waals surface area contributed by atoms with Gasteiger partial charge in [-0.2, -0.15) is 0 Å². The summed E-state index contributed by atoms with van der Waals surface area (Å²) in [6.07, 6.45) is 8.42. The minimum Gasteiger partial charge on any atom is -0.474 e. The highest BCUT2D eigenvalue weighted by Crippen LogP contribution is 2.58. The third-order valence-corrected chi connectivity index (χ3v) is 6.35. The fourth-order valence-corrected chi connectivity index (χ4v) is 4.91. The number of carbonyl (C=O) groups is 2. The van der Waals surface area contributed by atoms with E-state index in [-0.39, 0.29) is 29.5 Å². The van der Waals surface area contributed by atoms with Crippen LogP contribution in [0.4, 0.5) is 0 Å². The van der Waals surface area contributed by atoms with E-state index < -0.39 is 5.91 Å². The molecule has 1 aromatic rings. The molecule has 3 N–H and O–H groups in total.